The Balaban J connectivity index is 0.000000219. The zero-order chi connectivity index (χ0) is 81.7. The Morgan fingerprint density at radius 3 is 1.25 bits per heavy atom. The van der Waals surface area contributed by atoms with E-state index in [1.807, 2.05) is 48.5 Å². The number of amides is 2. The molecule has 112 heavy (non-hydrogen) atoms. The molecule has 50 heteroatoms. The van der Waals surface area contributed by atoms with Crippen LogP contribution >= 0.6 is 22.7 Å². The number of ketones is 2. The number of fused-ring (bicyclic) bond motifs is 2. The Morgan fingerprint density at radius 1 is 0.598 bits per heavy atom. The van der Waals surface area contributed by atoms with Crippen LogP contribution in [-0.4, -0.2) is 207 Å². The van der Waals surface area contributed by atoms with Crippen molar-refractivity contribution in [3.63, 3.8) is 0 Å². The van der Waals surface area contributed by atoms with Gasteiger partial charge >= 0.3 is 33.2 Å². The summed E-state index contributed by atoms with van der Waals surface area (Å²) in [6, 6.07) is 19.2. The van der Waals surface area contributed by atoms with Crippen molar-refractivity contribution in [1.82, 2.24) is 81.9 Å². The number of alkyl halides is 6. The van der Waals surface area contributed by atoms with E-state index in [1.165, 1.54) is 38.5 Å². The van der Waals surface area contributed by atoms with Gasteiger partial charge in [0.15, 0.2) is 33.3 Å². The summed E-state index contributed by atoms with van der Waals surface area (Å²) in [4.78, 5) is 99.6. The van der Waals surface area contributed by atoms with E-state index in [1.54, 1.807) is 12.1 Å². The van der Waals surface area contributed by atoms with Crippen molar-refractivity contribution >= 4 is 122 Å². The molecule has 40 nitrogen and oxygen atoms in total. The maximum atomic E-state index is 13.6. The van der Waals surface area contributed by atoms with Gasteiger partial charge in [-0.1, -0.05) is 32.9 Å². The Bertz CT molecular complexity index is 4660. The molecule has 10 N–H and O–H groups in total. The number of β-lactam (4-membered cyclic amide) rings is 2. The third kappa shape index (κ3) is 23.2. The maximum Gasteiger partial charge on any atom is 0.430 e. The molecular weight excluding hydrogens is 1590 g/mol. The first kappa shape index (κ1) is 85.3. The molecular formula is C62H68F6N20O20S4-2. The first-order valence-electron chi connectivity index (χ1n) is 33.1. The molecule has 6 aromatic heterocycles. The molecule has 10 heterocycles. The Labute approximate surface area is 637 Å². The van der Waals surface area contributed by atoms with Gasteiger partial charge in [0.1, 0.15) is 48.0 Å². The number of carboxylic acid groups (broad SMARTS) is 2. The summed E-state index contributed by atoms with van der Waals surface area (Å²) in [7, 11) is -9.92. The van der Waals surface area contributed by atoms with Crippen molar-refractivity contribution in [2.45, 2.75) is 115 Å². The maximum absolute atomic E-state index is 13.6. The topological polar surface area (TPSA) is 580 Å². The largest absolute Gasteiger partial charge is 0.542 e. The number of tetrazole rings is 2. The number of nitrogens with two attached hydrogens (primary N) is 2. The minimum absolute atomic E-state index is 0.0895. The number of carbonyl (C=O) groups is 6. The lowest BCUT2D eigenvalue weighted by atomic mass is 9.74. The zero-order valence-electron chi connectivity index (χ0n) is 58.9. The van der Waals surface area contributed by atoms with E-state index >= 15 is 0 Å². The van der Waals surface area contributed by atoms with Crippen LogP contribution in [0.15, 0.2) is 81.7 Å². The van der Waals surface area contributed by atoms with Gasteiger partial charge in [0.25, 0.3) is 11.8 Å². The number of oxime groups is 2. The van der Waals surface area contributed by atoms with Crippen LogP contribution in [0.1, 0.15) is 113 Å². The number of nitrogens with one attached hydrogen (secondary N) is 4. The number of aromatic nitrogens is 12. The number of hydrogen-bond donors (Lipinski definition) is 8. The predicted octanol–water partition coefficient (Wildman–Crippen LogP) is 2.20. The molecule has 4 fully saturated rings. The van der Waals surface area contributed by atoms with Gasteiger partial charge in [-0.15, -0.1) is 51.6 Å². The Hall–Kier alpha value is -10.7. The highest BCUT2D eigenvalue weighted by Crippen LogP contribution is 2.43. The summed E-state index contributed by atoms with van der Waals surface area (Å²) < 4.78 is 147. The number of benzene rings is 2. The summed E-state index contributed by atoms with van der Waals surface area (Å²) in [5.74, 6) is -8.54. The van der Waals surface area contributed by atoms with Gasteiger partial charge in [0, 0.05) is 45.8 Å². The summed E-state index contributed by atoms with van der Waals surface area (Å²) in [5.41, 5.74) is 12.6. The summed E-state index contributed by atoms with van der Waals surface area (Å²) in [6.07, 6.45) is -6.87. The number of anilines is 2. The van der Waals surface area contributed by atoms with Crippen molar-refractivity contribution in [1.29, 1.82) is 0 Å². The molecule has 2 aromatic carbocycles. The second-order valence-electron chi connectivity index (χ2n) is 26.0. The van der Waals surface area contributed by atoms with Crippen LogP contribution in [0.4, 0.5) is 36.6 Å². The summed E-state index contributed by atoms with van der Waals surface area (Å²) >= 11 is 2.12. The number of thiazole rings is 2. The normalized spacial score (nSPS) is 18.1. The number of nitrogen functional groups attached to an aromatic ring is 2. The van der Waals surface area contributed by atoms with E-state index in [4.69, 9.17) is 69.5 Å². The molecule has 604 valence electrons. The number of carbonyl (C=O) groups excluding carboxylic acids is 6. The Kier molecular flexibility index (Phi) is 27.5. The van der Waals surface area contributed by atoms with E-state index < -0.39 is 116 Å². The van der Waals surface area contributed by atoms with Crippen LogP contribution in [-0.2, 0) is 80.6 Å². The molecule has 4 atom stereocenters. The standard InChI is InChI=1S/2C29H34N10O8S2.2C2HF3O2/c2*1-29(2)20(27(41)39(29)47-49(42,43)44)13-23(40)25(22-15-48-28(30)33-22)36-46-24(26-34-37-38-35-26)14-45-19-5-6-21-17(12-19)3-4-18(32-21)11-16-7-9-31-10-8-16;2*3-2(4,5)1(6)7/h2*3-6,12,15-16,20,24,31H,7-11,13-14H2,1-2H3,(H2,30,33)(H,42,43,44)(H,34,35,37,38);2*(H,6,7)/p-2/b2*36-25-;;/t2*20-,24?;;/m11../s1. The number of hydrogen-bond acceptors (Lipinski definition) is 36. The fourth-order valence-electron chi connectivity index (χ4n) is 11.5. The quantitative estimate of drug-likeness (QED) is 0.0115. The molecule has 0 spiro atoms. The molecule has 4 saturated heterocycles. The smallest absolute Gasteiger partial charge is 0.430 e. The molecule has 4 aliphatic rings. The minimum atomic E-state index is -5.19. The van der Waals surface area contributed by atoms with Crippen molar-refractivity contribution in [2.75, 3.05) is 50.9 Å². The van der Waals surface area contributed by atoms with Gasteiger partial charge in [-0.2, -0.15) is 63.7 Å². The molecule has 12 rings (SSSR count). The predicted molar refractivity (Wildman–Crippen MR) is 371 cm³/mol. The third-order valence-corrected chi connectivity index (χ3v) is 19.4. The molecule has 0 saturated carbocycles. The second kappa shape index (κ2) is 36.2. The van der Waals surface area contributed by atoms with Gasteiger partial charge in [0.05, 0.1) is 33.9 Å². The fourth-order valence-corrected chi connectivity index (χ4v) is 13.5. The van der Waals surface area contributed by atoms with Crippen LogP contribution in [0, 0.1) is 23.7 Å². The number of nitrogens with zero attached hydrogens (tertiary/aromatic N) is 14. The van der Waals surface area contributed by atoms with E-state index in [2.05, 4.69) is 80.7 Å². The van der Waals surface area contributed by atoms with Crippen LogP contribution in [0.3, 0.4) is 0 Å². The number of hydroxylamine groups is 4. The lowest BCUT2D eigenvalue weighted by Gasteiger charge is -2.50. The van der Waals surface area contributed by atoms with E-state index in [0.717, 1.165) is 121 Å². The number of ether oxygens (including phenoxy) is 2. The number of pyridine rings is 2. The van der Waals surface area contributed by atoms with Gasteiger partial charge < -0.3 is 61.1 Å². The van der Waals surface area contributed by atoms with E-state index in [-0.39, 0.29) is 57.9 Å². The zero-order valence-corrected chi connectivity index (χ0v) is 62.1. The molecule has 2 amide bonds. The lowest BCUT2D eigenvalue weighted by molar-refractivity contribution is -0.344. The number of piperidine rings is 2. The average Bonchev–Trinajstić information content (AvgIpc) is 0.786. The highest BCUT2D eigenvalue weighted by Gasteiger charge is 2.59. The van der Waals surface area contributed by atoms with Crippen molar-refractivity contribution in [2.24, 2.45) is 34.0 Å². The third-order valence-electron chi connectivity index (χ3n) is 17.4. The number of Topliss-reactive ketones (excluding diaryl/α,β-unsaturated/α-hetero) is 2. The number of aliphatic carboxylic acids is 2. The van der Waals surface area contributed by atoms with E-state index in [0.29, 0.717) is 33.5 Å². The number of halogens is 6. The van der Waals surface area contributed by atoms with Crippen molar-refractivity contribution in [3.8, 4) is 11.5 Å². The van der Waals surface area contributed by atoms with Crippen LogP contribution in [0.25, 0.3) is 21.8 Å². The first-order chi connectivity index (χ1) is 52.6. The monoisotopic (exact) mass is 1650 g/mol. The average molecular weight is 1660 g/mol. The van der Waals surface area contributed by atoms with E-state index in [9.17, 15) is 62.4 Å². The number of carboxylic acids is 2. The Morgan fingerprint density at radius 2 is 0.955 bits per heavy atom. The minimum Gasteiger partial charge on any atom is -0.542 e. The molecule has 0 bridgehead atoms. The lowest BCUT2D eigenvalue weighted by Crippen LogP contribution is -2.68. The summed E-state index contributed by atoms with van der Waals surface area (Å²) in [5, 5.41) is 66.4. The number of rotatable bonds is 28. The van der Waals surface area contributed by atoms with Gasteiger partial charge in [-0.05, 0) is 153 Å². The van der Waals surface area contributed by atoms with Gasteiger partial charge in [0.2, 0.25) is 23.9 Å². The first-order valence-corrected chi connectivity index (χ1v) is 37.6. The fraction of sp³-hybridized carbons (Fsp3) is 0.452. The number of H-pyrrole nitrogens is 2. The van der Waals surface area contributed by atoms with Crippen LogP contribution in [0.2, 0.25) is 0 Å². The van der Waals surface area contributed by atoms with Crippen molar-refractivity contribution in [3.05, 3.63) is 106 Å². The second-order valence-corrected chi connectivity index (χ2v) is 29.8. The molecule has 2 unspecified atom stereocenters. The van der Waals surface area contributed by atoms with Gasteiger partial charge in [-0.25, -0.2) is 9.97 Å². The molecule has 0 radical (unpaired) electrons. The highest BCUT2D eigenvalue weighted by atomic mass is 32.3. The van der Waals surface area contributed by atoms with Gasteiger partial charge in [-0.3, -0.25) is 38.3 Å². The highest BCUT2D eigenvalue weighted by molar-refractivity contribution is 7.81. The van der Waals surface area contributed by atoms with Crippen LogP contribution < -0.4 is 41.8 Å². The van der Waals surface area contributed by atoms with Crippen molar-refractivity contribution < 1.29 is 119 Å². The SMILES string of the molecule is CC1(C)[C@H](CC(=O)/C(=N\OC(COc2ccc3nc(CC4CCNCC4)ccc3c2)c2nn[nH]n2)c2csc(N)n2)C(=O)N1OS(=O)(=O)O.CC1(C)[C@H](CC(=O)/C(=N\OC(COc2ccc3nc(CC4CCNCC4)ccc3c2)c2nn[nH]n2)c2csc(N)n2)C(=O)N1OS(=O)(=O)O.O=C([O-])C(F)(F)F.O=C([O-])C(F)(F)F. The number of aromatic amines is 2. The molecule has 8 aromatic rings. The van der Waals surface area contributed by atoms with Crippen LogP contribution in [0.5, 0.6) is 11.5 Å². The molecule has 4 aliphatic heterocycles. The molecule has 0 aliphatic carbocycles. The summed E-state index contributed by atoms with van der Waals surface area (Å²) in [6.45, 7) is 9.79.